The highest BCUT2D eigenvalue weighted by Gasteiger charge is 2.37. The summed E-state index contributed by atoms with van der Waals surface area (Å²) in [5.41, 5.74) is -0.183. The summed E-state index contributed by atoms with van der Waals surface area (Å²) >= 11 is 0. The normalized spacial score (nSPS) is 21.7. The lowest BCUT2D eigenvalue weighted by Crippen LogP contribution is -2.30. The molecule has 0 heterocycles. The van der Waals surface area contributed by atoms with Crippen molar-refractivity contribution in [1.29, 1.82) is 0 Å². The molecular weight excluding hydrogens is 297 g/mol. The summed E-state index contributed by atoms with van der Waals surface area (Å²) in [5.74, 6) is -6.38. The maximum absolute atomic E-state index is 14.0. The Bertz CT molecular complexity index is 586. The van der Waals surface area contributed by atoms with E-state index < -0.39 is 35.3 Å². The third-order valence-electron chi connectivity index (χ3n) is 3.95. The van der Waals surface area contributed by atoms with Crippen molar-refractivity contribution in [3.63, 3.8) is 0 Å². The van der Waals surface area contributed by atoms with E-state index >= 15 is 0 Å². The van der Waals surface area contributed by atoms with Crippen LogP contribution in [0, 0.1) is 23.4 Å². The molecule has 1 aromatic carbocycles. The zero-order valence-electron chi connectivity index (χ0n) is 12.2. The zero-order chi connectivity index (χ0) is 16.3. The molecular formula is C16H17F3O3. The Morgan fingerprint density at radius 2 is 2.00 bits per heavy atom. The summed E-state index contributed by atoms with van der Waals surface area (Å²) in [4.78, 5) is 23.8. The molecule has 120 valence electrons. The van der Waals surface area contributed by atoms with E-state index in [-0.39, 0.29) is 30.8 Å². The van der Waals surface area contributed by atoms with E-state index in [2.05, 4.69) is 0 Å². The third kappa shape index (κ3) is 3.31. The highest BCUT2D eigenvalue weighted by Crippen LogP contribution is 2.39. The second-order valence-electron chi connectivity index (χ2n) is 5.37. The van der Waals surface area contributed by atoms with Crippen molar-refractivity contribution in [2.45, 2.75) is 38.5 Å². The van der Waals surface area contributed by atoms with Crippen LogP contribution >= 0.6 is 0 Å². The number of hydrogen-bond acceptors (Lipinski definition) is 3. The van der Waals surface area contributed by atoms with E-state index in [0.717, 1.165) is 12.1 Å². The van der Waals surface area contributed by atoms with Gasteiger partial charge in [0.25, 0.3) is 0 Å². The van der Waals surface area contributed by atoms with Gasteiger partial charge in [-0.05, 0) is 31.7 Å². The average Bonchev–Trinajstić information content (AvgIpc) is 2.47. The first-order valence-electron chi connectivity index (χ1n) is 7.27. The molecule has 6 heteroatoms. The number of hydrogen-bond donors (Lipinski definition) is 0. The zero-order valence-corrected chi connectivity index (χ0v) is 12.2. The van der Waals surface area contributed by atoms with Crippen molar-refractivity contribution >= 4 is 11.8 Å². The van der Waals surface area contributed by atoms with Gasteiger partial charge in [-0.1, -0.05) is 6.07 Å². The maximum atomic E-state index is 14.0. The highest BCUT2D eigenvalue weighted by atomic mass is 19.2. The van der Waals surface area contributed by atoms with Gasteiger partial charge in [-0.15, -0.1) is 0 Å². The van der Waals surface area contributed by atoms with Crippen LogP contribution in [-0.2, 0) is 14.3 Å². The summed E-state index contributed by atoms with van der Waals surface area (Å²) < 4.78 is 45.3. The van der Waals surface area contributed by atoms with E-state index in [1.54, 1.807) is 6.92 Å². The molecule has 0 bridgehead atoms. The van der Waals surface area contributed by atoms with Crippen LogP contribution in [0.25, 0.3) is 0 Å². The number of benzene rings is 1. The molecule has 0 aromatic heterocycles. The molecule has 2 atom stereocenters. The summed E-state index contributed by atoms with van der Waals surface area (Å²) in [5, 5.41) is 0. The fraction of sp³-hybridized carbons (Fsp3) is 0.500. The number of ketones is 1. The molecule has 1 aliphatic rings. The average molecular weight is 314 g/mol. The fourth-order valence-corrected chi connectivity index (χ4v) is 2.99. The molecule has 22 heavy (non-hydrogen) atoms. The van der Waals surface area contributed by atoms with Crippen LogP contribution in [0.15, 0.2) is 12.1 Å². The largest absolute Gasteiger partial charge is 0.466 e. The molecule has 0 unspecified atom stereocenters. The number of rotatable bonds is 4. The van der Waals surface area contributed by atoms with E-state index in [9.17, 15) is 22.8 Å². The smallest absolute Gasteiger partial charge is 0.306 e. The Kier molecular flexibility index (Phi) is 5.21. The molecule has 2 rings (SSSR count). The van der Waals surface area contributed by atoms with Crippen molar-refractivity contribution in [1.82, 2.24) is 0 Å². The number of ether oxygens (including phenoxy) is 1. The number of esters is 1. The Morgan fingerprint density at radius 3 is 2.68 bits per heavy atom. The number of Topliss-reactive ketones (excluding diaryl/α,β-unsaturated/α-hetero) is 1. The Hall–Kier alpha value is -1.85. The van der Waals surface area contributed by atoms with Gasteiger partial charge in [-0.2, -0.15) is 0 Å². The number of carbonyl (C=O) groups is 2. The molecule has 0 saturated heterocycles. The summed E-state index contributed by atoms with van der Waals surface area (Å²) in [6, 6.07) is 1.89. The lowest BCUT2D eigenvalue weighted by Gasteiger charge is -2.30. The third-order valence-corrected chi connectivity index (χ3v) is 3.95. The van der Waals surface area contributed by atoms with Crippen LogP contribution in [0.1, 0.15) is 44.1 Å². The molecule has 0 radical (unpaired) electrons. The predicted octanol–water partition coefficient (Wildman–Crippen LogP) is 3.51. The second-order valence-corrected chi connectivity index (χ2v) is 5.37. The van der Waals surface area contributed by atoms with E-state index in [4.69, 9.17) is 4.74 Å². The SMILES string of the molecule is CCOC(=O)C[C@H]1CCCC(=O)[C@@H]1c1ccc(F)c(F)c1F. The Balaban J connectivity index is 2.33. The highest BCUT2D eigenvalue weighted by molar-refractivity contribution is 5.87. The molecule has 0 spiro atoms. The van der Waals surface area contributed by atoms with Crippen LogP contribution in [0.2, 0.25) is 0 Å². The van der Waals surface area contributed by atoms with Crippen LogP contribution in [-0.4, -0.2) is 18.4 Å². The topological polar surface area (TPSA) is 43.4 Å². The minimum atomic E-state index is -1.59. The maximum Gasteiger partial charge on any atom is 0.306 e. The predicted molar refractivity (Wildman–Crippen MR) is 72.7 cm³/mol. The van der Waals surface area contributed by atoms with Crippen molar-refractivity contribution in [2.75, 3.05) is 6.61 Å². The molecule has 1 saturated carbocycles. The summed E-state index contributed by atoms with van der Waals surface area (Å²) in [7, 11) is 0. The second kappa shape index (κ2) is 6.94. The summed E-state index contributed by atoms with van der Waals surface area (Å²) in [6.45, 7) is 1.88. The van der Waals surface area contributed by atoms with Crippen molar-refractivity contribution in [3.8, 4) is 0 Å². The van der Waals surface area contributed by atoms with E-state index in [1.165, 1.54) is 0 Å². The first-order valence-corrected chi connectivity index (χ1v) is 7.27. The van der Waals surface area contributed by atoms with Crippen molar-refractivity contribution < 1.29 is 27.5 Å². The molecule has 0 N–H and O–H groups in total. The van der Waals surface area contributed by atoms with Crippen molar-refractivity contribution in [2.24, 2.45) is 5.92 Å². The summed E-state index contributed by atoms with van der Waals surface area (Å²) in [6.07, 6.45) is 1.32. The van der Waals surface area contributed by atoms with E-state index in [1.807, 2.05) is 0 Å². The number of halogens is 3. The van der Waals surface area contributed by atoms with Crippen LogP contribution in [0.5, 0.6) is 0 Å². The van der Waals surface area contributed by atoms with Gasteiger partial charge in [-0.25, -0.2) is 13.2 Å². The van der Waals surface area contributed by atoms with Gasteiger partial charge < -0.3 is 4.74 Å². The first kappa shape index (κ1) is 16.5. The Labute approximate surface area is 126 Å². The Morgan fingerprint density at radius 1 is 1.27 bits per heavy atom. The first-order chi connectivity index (χ1) is 10.5. The molecule has 3 nitrogen and oxygen atoms in total. The monoisotopic (exact) mass is 314 g/mol. The van der Waals surface area contributed by atoms with Gasteiger partial charge in [0.05, 0.1) is 6.61 Å². The van der Waals surface area contributed by atoms with Crippen LogP contribution in [0.4, 0.5) is 13.2 Å². The van der Waals surface area contributed by atoms with Gasteiger partial charge in [0.2, 0.25) is 0 Å². The fourth-order valence-electron chi connectivity index (χ4n) is 2.99. The minimum Gasteiger partial charge on any atom is -0.466 e. The van der Waals surface area contributed by atoms with Gasteiger partial charge in [0.15, 0.2) is 17.5 Å². The minimum absolute atomic E-state index is 0.0390. The standard InChI is InChI=1S/C16H17F3O3/c1-2-22-13(21)8-9-4-3-5-12(20)14(9)10-6-7-11(17)16(19)15(10)18/h6-7,9,14H,2-5,8H2,1H3/t9-,14+/m1/s1. The van der Waals surface area contributed by atoms with Gasteiger partial charge in [-0.3, -0.25) is 9.59 Å². The van der Waals surface area contributed by atoms with Gasteiger partial charge in [0.1, 0.15) is 5.78 Å². The van der Waals surface area contributed by atoms with Crippen molar-refractivity contribution in [3.05, 3.63) is 35.1 Å². The van der Waals surface area contributed by atoms with Gasteiger partial charge in [0, 0.05) is 24.3 Å². The molecule has 0 aliphatic heterocycles. The quantitative estimate of drug-likeness (QED) is 0.631. The molecule has 1 aromatic rings. The number of carbonyl (C=O) groups excluding carboxylic acids is 2. The lowest BCUT2D eigenvalue weighted by molar-refractivity contribution is -0.145. The van der Waals surface area contributed by atoms with Crippen LogP contribution < -0.4 is 0 Å². The molecule has 0 amide bonds. The molecule has 1 aliphatic carbocycles. The van der Waals surface area contributed by atoms with Crippen LogP contribution in [0.3, 0.4) is 0 Å². The lowest BCUT2D eigenvalue weighted by atomic mass is 9.73. The van der Waals surface area contributed by atoms with Gasteiger partial charge >= 0.3 is 5.97 Å². The van der Waals surface area contributed by atoms with E-state index in [0.29, 0.717) is 12.8 Å². The molecule has 1 fully saturated rings.